The first kappa shape index (κ1) is 13.1. The zero-order valence-corrected chi connectivity index (χ0v) is 12.7. The Morgan fingerprint density at radius 3 is 2.88 bits per heavy atom. The molecule has 0 amide bonds. The van der Waals surface area contributed by atoms with E-state index in [0.29, 0.717) is 5.75 Å². The molecule has 94 valence electrons. The highest BCUT2D eigenvalue weighted by atomic mass is 127. The van der Waals surface area contributed by atoms with E-state index >= 15 is 0 Å². The van der Waals surface area contributed by atoms with Crippen LogP contribution < -0.4 is 5.32 Å². The number of hydrogen-bond acceptors (Lipinski definition) is 3. The molecule has 17 heavy (non-hydrogen) atoms. The largest absolute Gasteiger partial charge is 0.381 e. The van der Waals surface area contributed by atoms with Crippen LogP contribution in [0.4, 0.5) is 5.69 Å². The van der Waals surface area contributed by atoms with E-state index in [-0.39, 0.29) is 11.8 Å². The van der Waals surface area contributed by atoms with E-state index in [2.05, 4.69) is 40.9 Å². The van der Waals surface area contributed by atoms with Gasteiger partial charge in [0.05, 0.1) is 11.5 Å². The van der Waals surface area contributed by atoms with Crippen LogP contribution in [-0.4, -0.2) is 26.0 Å². The molecule has 0 spiro atoms. The van der Waals surface area contributed by atoms with Gasteiger partial charge in [-0.3, -0.25) is 0 Å². The first-order valence-corrected chi connectivity index (χ1v) is 8.60. The molecular formula is C12H16INO2S. The summed E-state index contributed by atoms with van der Waals surface area (Å²) in [6, 6.07) is 6.12. The third-order valence-corrected chi connectivity index (χ3v) is 6.08. The number of sulfone groups is 1. The Hall–Kier alpha value is -0.300. The molecule has 1 heterocycles. The van der Waals surface area contributed by atoms with Crippen molar-refractivity contribution >= 4 is 38.1 Å². The van der Waals surface area contributed by atoms with Crippen LogP contribution in [0.15, 0.2) is 18.2 Å². The number of rotatable bonds is 2. The smallest absolute Gasteiger partial charge is 0.152 e. The van der Waals surface area contributed by atoms with Gasteiger partial charge in [0.1, 0.15) is 0 Å². The number of nitrogens with one attached hydrogen (secondary N) is 1. The number of benzene rings is 1. The summed E-state index contributed by atoms with van der Waals surface area (Å²) in [6.07, 6.45) is 1.70. The highest BCUT2D eigenvalue weighted by molar-refractivity contribution is 14.1. The summed E-state index contributed by atoms with van der Waals surface area (Å²) in [4.78, 5) is 0. The molecule has 1 fully saturated rings. The quantitative estimate of drug-likeness (QED) is 0.820. The van der Waals surface area contributed by atoms with Gasteiger partial charge in [0.15, 0.2) is 9.84 Å². The highest BCUT2D eigenvalue weighted by Gasteiger charge is 2.24. The Kier molecular flexibility index (Phi) is 3.97. The summed E-state index contributed by atoms with van der Waals surface area (Å²) >= 11 is 2.29. The average Bonchev–Trinajstić information content (AvgIpc) is 2.23. The Bertz CT molecular complexity index is 513. The minimum Gasteiger partial charge on any atom is -0.381 e. The lowest BCUT2D eigenvalue weighted by molar-refractivity contribution is 0.562. The normalized spacial score (nSPS) is 23.3. The summed E-state index contributed by atoms with van der Waals surface area (Å²) in [5, 5.41) is 3.36. The third-order valence-electron chi connectivity index (χ3n) is 3.09. The molecular weight excluding hydrogens is 349 g/mol. The fraction of sp³-hybridized carbons (Fsp3) is 0.500. The van der Waals surface area contributed by atoms with Crippen molar-refractivity contribution in [3.8, 4) is 0 Å². The van der Waals surface area contributed by atoms with Crippen LogP contribution in [0.25, 0.3) is 0 Å². The van der Waals surface area contributed by atoms with Gasteiger partial charge in [0.2, 0.25) is 0 Å². The van der Waals surface area contributed by atoms with Gasteiger partial charge in [0.25, 0.3) is 0 Å². The van der Waals surface area contributed by atoms with Crippen molar-refractivity contribution in [3.63, 3.8) is 0 Å². The van der Waals surface area contributed by atoms with E-state index < -0.39 is 9.84 Å². The maximum atomic E-state index is 11.6. The standard InChI is InChI=1S/C12H16INO2S/c1-9-11(13)5-2-6-12(9)14-10-4-3-7-17(15,16)8-10/h2,5-6,10,14H,3-4,7-8H2,1H3. The Morgan fingerprint density at radius 1 is 1.41 bits per heavy atom. The lowest BCUT2D eigenvalue weighted by atomic mass is 10.1. The molecule has 1 aliphatic heterocycles. The van der Waals surface area contributed by atoms with Crippen molar-refractivity contribution in [1.29, 1.82) is 0 Å². The van der Waals surface area contributed by atoms with Crippen molar-refractivity contribution < 1.29 is 8.42 Å². The molecule has 0 bridgehead atoms. The molecule has 2 rings (SSSR count). The second-order valence-electron chi connectivity index (χ2n) is 4.51. The minimum atomic E-state index is -2.84. The Labute approximate surface area is 116 Å². The summed E-state index contributed by atoms with van der Waals surface area (Å²) in [5.41, 5.74) is 2.25. The molecule has 0 aliphatic carbocycles. The molecule has 1 atom stereocenters. The van der Waals surface area contributed by atoms with Crippen molar-refractivity contribution in [2.45, 2.75) is 25.8 Å². The van der Waals surface area contributed by atoms with E-state index in [0.717, 1.165) is 18.5 Å². The summed E-state index contributed by atoms with van der Waals surface area (Å²) < 4.78 is 24.3. The van der Waals surface area contributed by atoms with Crippen molar-refractivity contribution in [2.75, 3.05) is 16.8 Å². The molecule has 1 aromatic rings. The molecule has 1 saturated heterocycles. The predicted octanol–water partition coefficient (Wildman–Crippen LogP) is 2.59. The molecule has 1 N–H and O–H groups in total. The first-order chi connectivity index (χ1) is 7.98. The van der Waals surface area contributed by atoms with Gasteiger partial charge in [-0.05, 0) is 60.1 Å². The Balaban J connectivity index is 2.13. The third kappa shape index (κ3) is 3.34. The van der Waals surface area contributed by atoms with Crippen LogP contribution in [-0.2, 0) is 9.84 Å². The monoisotopic (exact) mass is 365 g/mol. The van der Waals surface area contributed by atoms with Gasteiger partial charge < -0.3 is 5.32 Å². The molecule has 1 aliphatic rings. The fourth-order valence-corrected chi connectivity index (χ4v) is 4.25. The molecule has 3 nitrogen and oxygen atoms in total. The summed E-state index contributed by atoms with van der Waals surface area (Å²) in [5.74, 6) is 0.606. The second kappa shape index (κ2) is 5.14. The van der Waals surface area contributed by atoms with E-state index in [1.807, 2.05) is 12.1 Å². The van der Waals surface area contributed by atoms with Gasteiger partial charge >= 0.3 is 0 Å². The maximum absolute atomic E-state index is 11.6. The van der Waals surface area contributed by atoms with Gasteiger partial charge in [-0.1, -0.05) is 6.07 Å². The number of halogens is 1. The lowest BCUT2D eigenvalue weighted by Crippen LogP contribution is -2.35. The van der Waals surface area contributed by atoms with Crippen LogP contribution in [0.1, 0.15) is 18.4 Å². The van der Waals surface area contributed by atoms with E-state index in [9.17, 15) is 8.42 Å². The average molecular weight is 365 g/mol. The molecule has 0 saturated carbocycles. The van der Waals surface area contributed by atoms with Gasteiger partial charge in [-0.2, -0.15) is 0 Å². The first-order valence-electron chi connectivity index (χ1n) is 5.70. The van der Waals surface area contributed by atoms with Crippen LogP contribution >= 0.6 is 22.6 Å². The summed E-state index contributed by atoms with van der Waals surface area (Å²) in [7, 11) is -2.84. The fourth-order valence-electron chi connectivity index (χ4n) is 2.12. The van der Waals surface area contributed by atoms with Gasteiger partial charge in [-0.15, -0.1) is 0 Å². The SMILES string of the molecule is Cc1c(I)cccc1NC1CCCS(=O)(=O)C1. The van der Waals surface area contributed by atoms with Crippen LogP contribution in [0, 0.1) is 10.5 Å². The van der Waals surface area contributed by atoms with Gasteiger partial charge in [0, 0.05) is 15.3 Å². The zero-order valence-electron chi connectivity index (χ0n) is 9.74. The van der Waals surface area contributed by atoms with Crippen LogP contribution in [0.3, 0.4) is 0 Å². The maximum Gasteiger partial charge on any atom is 0.152 e. The lowest BCUT2D eigenvalue weighted by Gasteiger charge is -2.25. The number of anilines is 1. The summed E-state index contributed by atoms with van der Waals surface area (Å²) in [6.45, 7) is 2.06. The van der Waals surface area contributed by atoms with Crippen molar-refractivity contribution in [1.82, 2.24) is 0 Å². The topological polar surface area (TPSA) is 46.2 Å². The zero-order chi connectivity index (χ0) is 12.5. The molecule has 0 aromatic heterocycles. The van der Waals surface area contributed by atoms with Crippen molar-refractivity contribution in [2.24, 2.45) is 0 Å². The second-order valence-corrected chi connectivity index (χ2v) is 7.90. The molecule has 0 radical (unpaired) electrons. The van der Waals surface area contributed by atoms with Crippen molar-refractivity contribution in [3.05, 3.63) is 27.3 Å². The highest BCUT2D eigenvalue weighted by Crippen LogP contribution is 2.23. The van der Waals surface area contributed by atoms with E-state index in [4.69, 9.17) is 0 Å². The van der Waals surface area contributed by atoms with Crippen LogP contribution in [0.2, 0.25) is 0 Å². The minimum absolute atomic E-state index is 0.0608. The molecule has 1 aromatic carbocycles. The van der Waals surface area contributed by atoms with E-state index in [1.165, 1.54) is 9.13 Å². The van der Waals surface area contributed by atoms with Gasteiger partial charge in [-0.25, -0.2) is 8.42 Å². The van der Waals surface area contributed by atoms with E-state index in [1.54, 1.807) is 0 Å². The number of hydrogen-bond donors (Lipinski definition) is 1. The van der Waals surface area contributed by atoms with Crippen LogP contribution in [0.5, 0.6) is 0 Å². The molecule has 5 heteroatoms. The predicted molar refractivity (Wildman–Crippen MR) is 79.2 cm³/mol. The molecule has 1 unspecified atom stereocenters. The Morgan fingerprint density at radius 2 is 2.18 bits per heavy atom.